The maximum atomic E-state index is 13.2. The Morgan fingerprint density at radius 2 is 2.23 bits per heavy atom. The molecule has 0 fully saturated rings. The summed E-state index contributed by atoms with van der Waals surface area (Å²) in [5, 5.41) is 9.80. The van der Waals surface area contributed by atoms with Gasteiger partial charge in [-0.3, -0.25) is 0 Å². The van der Waals surface area contributed by atoms with E-state index >= 15 is 0 Å². The molecule has 0 aliphatic carbocycles. The van der Waals surface area contributed by atoms with Crippen molar-refractivity contribution in [1.29, 1.82) is 0 Å². The fraction of sp³-hybridized carbons (Fsp3) is 0.200. The maximum absolute atomic E-state index is 13.2. The molecule has 1 unspecified atom stereocenters. The average Bonchev–Trinajstić information content (AvgIpc) is 2.03. The lowest BCUT2D eigenvalue weighted by molar-refractivity contribution is 0.211. The van der Waals surface area contributed by atoms with E-state index in [1.165, 1.54) is 18.2 Å². The molecule has 0 heterocycles. The highest BCUT2D eigenvalue weighted by Gasteiger charge is 2.12. The smallest absolute Gasteiger partial charge is 0.130 e. The number of rotatable bonds is 2. The van der Waals surface area contributed by atoms with Gasteiger partial charge >= 0.3 is 0 Å². The quantitative estimate of drug-likeness (QED) is 0.728. The standard InChI is InChI=1S/C10H10ClFO/c1-6(2)10(13)8-4-3-7(11)5-9(8)12/h3-5,10,13H,1H2,2H3. The summed E-state index contributed by atoms with van der Waals surface area (Å²) in [5.74, 6) is -0.511. The molecule has 0 saturated carbocycles. The molecule has 0 amide bonds. The van der Waals surface area contributed by atoms with Crippen molar-refractivity contribution in [3.05, 3.63) is 46.8 Å². The van der Waals surface area contributed by atoms with Crippen LogP contribution in [0.3, 0.4) is 0 Å². The first-order chi connectivity index (χ1) is 6.02. The largest absolute Gasteiger partial charge is 0.384 e. The zero-order chi connectivity index (χ0) is 10.0. The third kappa shape index (κ3) is 2.29. The summed E-state index contributed by atoms with van der Waals surface area (Å²) in [4.78, 5) is 0. The van der Waals surface area contributed by atoms with Crippen LogP contribution in [0.2, 0.25) is 5.02 Å². The maximum Gasteiger partial charge on any atom is 0.130 e. The molecule has 1 aromatic rings. The van der Waals surface area contributed by atoms with E-state index < -0.39 is 11.9 Å². The van der Waals surface area contributed by atoms with E-state index in [0.29, 0.717) is 10.6 Å². The molecule has 1 N–H and O–H groups in total. The van der Waals surface area contributed by atoms with Crippen molar-refractivity contribution >= 4 is 11.6 Å². The predicted molar refractivity (Wildman–Crippen MR) is 51.2 cm³/mol. The van der Waals surface area contributed by atoms with Gasteiger partial charge in [-0.15, -0.1) is 0 Å². The van der Waals surface area contributed by atoms with Gasteiger partial charge in [0.05, 0.1) is 0 Å². The Morgan fingerprint density at radius 3 is 2.69 bits per heavy atom. The topological polar surface area (TPSA) is 20.2 Å². The Bertz CT molecular complexity index is 336. The highest BCUT2D eigenvalue weighted by Crippen LogP contribution is 2.24. The summed E-state index contributed by atoms with van der Waals surface area (Å²) >= 11 is 5.56. The minimum Gasteiger partial charge on any atom is -0.384 e. The van der Waals surface area contributed by atoms with Gasteiger partial charge in [0.1, 0.15) is 11.9 Å². The summed E-state index contributed by atoms with van der Waals surface area (Å²) in [5.41, 5.74) is 0.707. The molecule has 1 rings (SSSR count). The van der Waals surface area contributed by atoms with Crippen LogP contribution in [0.5, 0.6) is 0 Å². The number of benzene rings is 1. The minimum atomic E-state index is -0.961. The molecular weight excluding hydrogens is 191 g/mol. The number of hydrogen-bond acceptors (Lipinski definition) is 1. The van der Waals surface area contributed by atoms with E-state index in [9.17, 15) is 9.50 Å². The highest BCUT2D eigenvalue weighted by molar-refractivity contribution is 6.30. The lowest BCUT2D eigenvalue weighted by Crippen LogP contribution is -2.00. The minimum absolute atomic E-state index is 0.205. The van der Waals surface area contributed by atoms with Crippen molar-refractivity contribution < 1.29 is 9.50 Å². The second kappa shape index (κ2) is 3.90. The van der Waals surface area contributed by atoms with Crippen LogP contribution in [0.1, 0.15) is 18.6 Å². The Balaban J connectivity index is 3.08. The number of aliphatic hydroxyl groups excluding tert-OH is 1. The van der Waals surface area contributed by atoms with Crippen molar-refractivity contribution in [3.8, 4) is 0 Å². The normalized spacial score (nSPS) is 12.6. The molecule has 13 heavy (non-hydrogen) atoms. The van der Waals surface area contributed by atoms with Crippen LogP contribution in [0.25, 0.3) is 0 Å². The van der Waals surface area contributed by atoms with Gasteiger partial charge in [-0.1, -0.05) is 24.2 Å². The third-order valence-corrected chi connectivity index (χ3v) is 1.96. The van der Waals surface area contributed by atoms with Gasteiger partial charge < -0.3 is 5.11 Å². The van der Waals surface area contributed by atoms with E-state index in [-0.39, 0.29) is 5.56 Å². The first kappa shape index (κ1) is 10.2. The SMILES string of the molecule is C=C(C)C(O)c1ccc(Cl)cc1F. The van der Waals surface area contributed by atoms with E-state index in [1.807, 2.05) is 0 Å². The molecule has 0 aliphatic heterocycles. The Hall–Kier alpha value is -0.860. The van der Waals surface area contributed by atoms with Gasteiger partial charge in [-0.2, -0.15) is 0 Å². The van der Waals surface area contributed by atoms with Crippen LogP contribution in [-0.2, 0) is 0 Å². The molecule has 0 radical (unpaired) electrons. The number of hydrogen-bond donors (Lipinski definition) is 1. The zero-order valence-corrected chi connectivity index (χ0v) is 7.98. The lowest BCUT2D eigenvalue weighted by Gasteiger charge is -2.11. The first-order valence-corrected chi connectivity index (χ1v) is 4.18. The van der Waals surface area contributed by atoms with Crippen LogP contribution in [0, 0.1) is 5.82 Å². The van der Waals surface area contributed by atoms with Crippen molar-refractivity contribution in [2.45, 2.75) is 13.0 Å². The molecule has 1 aromatic carbocycles. The molecule has 0 saturated heterocycles. The monoisotopic (exact) mass is 200 g/mol. The third-order valence-electron chi connectivity index (χ3n) is 1.72. The van der Waals surface area contributed by atoms with Gasteiger partial charge in [0, 0.05) is 10.6 Å². The Labute approximate surface area is 81.5 Å². The molecule has 3 heteroatoms. The summed E-state index contributed by atoms with van der Waals surface area (Å²) in [7, 11) is 0. The van der Waals surface area contributed by atoms with E-state index in [2.05, 4.69) is 6.58 Å². The summed E-state index contributed by atoms with van der Waals surface area (Å²) < 4.78 is 13.2. The van der Waals surface area contributed by atoms with E-state index in [1.54, 1.807) is 6.92 Å². The van der Waals surface area contributed by atoms with Crippen LogP contribution >= 0.6 is 11.6 Å². The summed E-state index contributed by atoms with van der Waals surface area (Å²) in [6, 6.07) is 4.16. The molecule has 1 atom stereocenters. The Kier molecular flexibility index (Phi) is 3.07. The summed E-state index contributed by atoms with van der Waals surface area (Å²) in [6.07, 6.45) is -0.961. The van der Waals surface area contributed by atoms with Crippen LogP contribution in [-0.4, -0.2) is 5.11 Å². The van der Waals surface area contributed by atoms with Gasteiger partial charge in [-0.25, -0.2) is 4.39 Å². The second-order valence-corrected chi connectivity index (χ2v) is 3.35. The van der Waals surface area contributed by atoms with Crippen molar-refractivity contribution in [3.63, 3.8) is 0 Å². The van der Waals surface area contributed by atoms with E-state index in [4.69, 9.17) is 11.6 Å². The number of halogens is 2. The fourth-order valence-corrected chi connectivity index (χ4v) is 1.15. The van der Waals surface area contributed by atoms with Gasteiger partial charge in [0.25, 0.3) is 0 Å². The van der Waals surface area contributed by atoms with Crippen LogP contribution < -0.4 is 0 Å². The Morgan fingerprint density at radius 1 is 1.62 bits per heavy atom. The highest BCUT2D eigenvalue weighted by atomic mass is 35.5. The van der Waals surface area contributed by atoms with Gasteiger partial charge in [-0.05, 0) is 24.6 Å². The summed E-state index contributed by atoms with van der Waals surface area (Å²) in [6.45, 7) is 5.18. The molecule has 0 aromatic heterocycles. The molecule has 0 aliphatic rings. The molecule has 0 spiro atoms. The lowest BCUT2D eigenvalue weighted by atomic mass is 10.0. The van der Waals surface area contributed by atoms with Crippen LogP contribution in [0.4, 0.5) is 4.39 Å². The van der Waals surface area contributed by atoms with Crippen molar-refractivity contribution in [1.82, 2.24) is 0 Å². The average molecular weight is 201 g/mol. The molecule has 1 nitrogen and oxygen atoms in total. The van der Waals surface area contributed by atoms with Crippen molar-refractivity contribution in [2.24, 2.45) is 0 Å². The predicted octanol–water partition coefficient (Wildman–Crippen LogP) is 3.09. The molecule has 0 bridgehead atoms. The van der Waals surface area contributed by atoms with Crippen molar-refractivity contribution in [2.75, 3.05) is 0 Å². The van der Waals surface area contributed by atoms with Gasteiger partial charge in [0.15, 0.2) is 0 Å². The van der Waals surface area contributed by atoms with Gasteiger partial charge in [0.2, 0.25) is 0 Å². The van der Waals surface area contributed by atoms with E-state index in [0.717, 1.165) is 0 Å². The first-order valence-electron chi connectivity index (χ1n) is 3.81. The molecular formula is C10H10ClFO. The fourth-order valence-electron chi connectivity index (χ4n) is 0.989. The molecule has 70 valence electrons. The number of aliphatic hydroxyl groups is 1. The zero-order valence-electron chi connectivity index (χ0n) is 7.22. The second-order valence-electron chi connectivity index (χ2n) is 2.91. The van der Waals surface area contributed by atoms with Crippen LogP contribution in [0.15, 0.2) is 30.4 Å².